The summed E-state index contributed by atoms with van der Waals surface area (Å²) in [5, 5.41) is 6.29. The number of fused-ring (bicyclic) bond motifs is 1. The number of nitrogens with one attached hydrogen (secondary N) is 1. The van der Waals surface area contributed by atoms with Gasteiger partial charge in [0.2, 0.25) is 0 Å². The summed E-state index contributed by atoms with van der Waals surface area (Å²) in [7, 11) is 0. The van der Waals surface area contributed by atoms with E-state index in [4.69, 9.17) is 0 Å². The Morgan fingerprint density at radius 1 is 0.875 bits per heavy atom. The zero-order valence-electron chi connectivity index (χ0n) is 14.0. The molecule has 0 unspecified atom stereocenters. The van der Waals surface area contributed by atoms with E-state index in [9.17, 15) is 0 Å². The van der Waals surface area contributed by atoms with E-state index >= 15 is 0 Å². The predicted octanol–water partition coefficient (Wildman–Crippen LogP) is 4.03. The molecule has 1 fully saturated rings. The maximum absolute atomic E-state index is 3.55. The first-order chi connectivity index (χ1) is 11.9. The van der Waals surface area contributed by atoms with Crippen LogP contribution in [0.2, 0.25) is 0 Å². The number of hydrogen-bond acceptors (Lipinski definition) is 2. The molecule has 0 radical (unpaired) electrons. The highest BCUT2D eigenvalue weighted by Crippen LogP contribution is 2.24. The van der Waals surface area contributed by atoms with Crippen molar-refractivity contribution in [2.24, 2.45) is 0 Å². The second-order valence-corrected chi connectivity index (χ2v) is 6.55. The summed E-state index contributed by atoms with van der Waals surface area (Å²) >= 11 is 0. The van der Waals surface area contributed by atoms with Crippen LogP contribution >= 0.6 is 0 Å². The highest BCUT2D eigenvalue weighted by Gasteiger charge is 2.23. The minimum absolute atomic E-state index is 0.481. The van der Waals surface area contributed by atoms with Gasteiger partial charge in [-0.15, -0.1) is 0 Å². The lowest BCUT2D eigenvalue weighted by molar-refractivity contribution is 0.164. The highest BCUT2D eigenvalue weighted by molar-refractivity contribution is 5.85. The molecular formula is C22H24N2. The van der Waals surface area contributed by atoms with Crippen LogP contribution in [0.1, 0.15) is 17.2 Å². The van der Waals surface area contributed by atoms with Gasteiger partial charge in [0, 0.05) is 32.2 Å². The van der Waals surface area contributed by atoms with Crippen molar-refractivity contribution in [1.82, 2.24) is 10.2 Å². The van der Waals surface area contributed by atoms with Crippen LogP contribution in [-0.2, 0) is 6.42 Å². The molecule has 3 aromatic rings. The first kappa shape index (κ1) is 15.4. The average Bonchev–Trinajstić information content (AvgIpc) is 2.67. The fourth-order valence-corrected chi connectivity index (χ4v) is 3.79. The van der Waals surface area contributed by atoms with Gasteiger partial charge < -0.3 is 5.32 Å². The third kappa shape index (κ3) is 3.21. The zero-order valence-corrected chi connectivity index (χ0v) is 14.0. The number of nitrogens with zero attached hydrogens (tertiary/aromatic N) is 1. The van der Waals surface area contributed by atoms with Gasteiger partial charge in [0.25, 0.3) is 0 Å². The molecule has 1 atom stereocenters. The van der Waals surface area contributed by atoms with Crippen molar-refractivity contribution in [2.45, 2.75) is 12.5 Å². The fourth-order valence-electron chi connectivity index (χ4n) is 3.79. The molecule has 0 aliphatic carbocycles. The van der Waals surface area contributed by atoms with Gasteiger partial charge in [-0.1, -0.05) is 72.8 Å². The molecule has 24 heavy (non-hydrogen) atoms. The number of piperazine rings is 1. The Kier molecular flexibility index (Phi) is 4.59. The monoisotopic (exact) mass is 316 g/mol. The van der Waals surface area contributed by atoms with Crippen LogP contribution in [0.3, 0.4) is 0 Å². The Bertz CT molecular complexity index is 792. The second kappa shape index (κ2) is 7.16. The Morgan fingerprint density at radius 2 is 1.67 bits per heavy atom. The molecule has 1 aliphatic heterocycles. The number of hydrogen-bond donors (Lipinski definition) is 1. The first-order valence-corrected chi connectivity index (χ1v) is 8.88. The van der Waals surface area contributed by atoms with Gasteiger partial charge in [0.1, 0.15) is 0 Å². The maximum Gasteiger partial charge on any atom is 0.0473 e. The number of rotatable bonds is 4. The van der Waals surface area contributed by atoms with Crippen LogP contribution in [0.25, 0.3) is 10.8 Å². The van der Waals surface area contributed by atoms with Gasteiger partial charge in [-0.2, -0.15) is 0 Å². The zero-order chi connectivity index (χ0) is 16.2. The molecular weight excluding hydrogens is 292 g/mol. The third-order valence-corrected chi connectivity index (χ3v) is 5.09. The molecule has 0 saturated carbocycles. The largest absolute Gasteiger partial charge is 0.314 e. The average molecular weight is 316 g/mol. The van der Waals surface area contributed by atoms with Crippen LogP contribution in [0.5, 0.6) is 0 Å². The Labute approximate surface area is 144 Å². The molecule has 1 heterocycles. The van der Waals surface area contributed by atoms with E-state index in [-0.39, 0.29) is 0 Å². The minimum atomic E-state index is 0.481. The summed E-state index contributed by atoms with van der Waals surface area (Å²) in [6, 6.07) is 26.8. The van der Waals surface area contributed by atoms with Crippen LogP contribution in [0.4, 0.5) is 0 Å². The van der Waals surface area contributed by atoms with Gasteiger partial charge in [-0.3, -0.25) is 4.90 Å². The topological polar surface area (TPSA) is 15.3 Å². The molecule has 4 rings (SSSR count). The van der Waals surface area contributed by atoms with Crippen molar-refractivity contribution < 1.29 is 0 Å². The SMILES string of the molecule is c1ccc([C@H]2CNCCN2CCc2cccc3ccccc23)cc1. The minimum Gasteiger partial charge on any atom is -0.314 e. The van der Waals surface area contributed by atoms with E-state index in [0.717, 1.165) is 32.6 Å². The molecule has 0 aromatic heterocycles. The second-order valence-electron chi connectivity index (χ2n) is 6.55. The van der Waals surface area contributed by atoms with Gasteiger partial charge in [-0.05, 0) is 28.3 Å². The quantitative estimate of drug-likeness (QED) is 0.782. The van der Waals surface area contributed by atoms with E-state index in [0.29, 0.717) is 6.04 Å². The van der Waals surface area contributed by atoms with Crippen molar-refractivity contribution in [1.29, 1.82) is 0 Å². The van der Waals surface area contributed by atoms with E-state index < -0.39 is 0 Å². The molecule has 1 aliphatic rings. The van der Waals surface area contributed by atoms with Crippen molar-refractivity contribution in [3.63, 3.8) is 0 Å². The molecule has 0 amide bonds. The Morgan fingerprint density at radius 3 is 2.58 bits per heavy atom. The van der Waals surface area contributed by atoms with Gasteiger partial charge in [0.05, 0.1) is 0 Å². The molecule has 1 N–H and O–H groups in total. The summed E-state index contributed by atoms with van der Waals surface area (Å²) in [4.78, 5) is 2.63. The van der Waals surface area contributed by atoms with Crippen LogP contribution in [0.15, 0.2) is 72.8 Å². The summed E-state index contributed by atoms with van der Waals surface area (Å²) in [6.45, 7) is 4.35. The van der Waals surface area contributed by atoms with Crippen molar-refractivity contribution >= 4 is 10.8 Å². The normalized spacial score (nSPS) is 18.8. The Balaban J connectivity index is 1.53. The standard InChI is InChI=1S/C22H24N2/c1-2-8-20(9-3-1)22-17-23-14-16-24(22)15-13-19-11-6-10-18-7-4-5-12-21(18)19/h1-12,22-23H,13-17H2/t22-/m1/s1. The van der Waals surface area contributed by atoms with E-state index in [2.05, 4.69) is 83.0 Å². The molecule has 2 nitrogen and oxygen atoms in total. The smallest absolute Gasteiger partial charge is 0.0473 e. The maximum atomic E-state index is 3.55. The van der Waals surface area contributed by atoms with Gasteiger partial charge in [0.15, 0.2) is 0 Å². The molecule has 2 heteroatoms. The molecule has 1 saturated heterocycles. The summed E-state index contributed by atoms with van der Waals surface area (Å²) in [6.07, 6.45) is 1.10. The van der Waals surface area contributed by atoms with Gasteiger partial charge >= 0.3 is 0 Å². The highest BCUT2D eigenvalue weighted by atomic mass is 15.2. The summed E-state index contributed by atoms with van der Waals surface area (Å²) in [5.74, 6) is 0. The summed E-state index contributed by atoms with van der Waals surface area (Å²) in [5.41, 5.74) is 2.88. The van der Waals surface area contributed by atoms with Gasteiger partial charge in [-0.25, -0.2) is 0 Å². The lowest BCUT2D eigenvalue weighted by atomic mass is 10.00. The molecule has 3 aromatic carbocycles. The van der Waals surface area contributed by atoms with Crippen LogP contribution in [-0.4, -0.2) is 31.1 Å². The lowest BCUT2D eigenvalue weighted by Gasteiger charge is -2.36. The third-order valence-electron chi connectivity index (χ3n) is 5.09. The predicted molar refractivity (Wildman–Crippen MR) is 101 cm³/mol. The van der Waals surface area contributed by atoms with E-state index in [1.165, 1.54) is 21.9 Å². The fraction of sp³-hybridized carbons (Fsp3) is 0.273. The van der Waals surface area contributed by atoms with Crippen molar-refractivity contribution in [3.05, 3.63) is 83.9 Å². The lowest BCUT2D eigenvalue weighted by Crippen LogP contribution is -2.46. The molecule has 122 valence electrons. The van der Waals surface area contributed by atoms with Crippen molar-refractivity contribution in [3.8, 4) is 0 Å². The van der Waals surface area contributed by atoms with Crippen LogP contribution < -0.4 is 5.32 Å². The van der Waals surface area contributed by atoms with Crippen molar-refractivity contribution in [2.75, 3.05) is 26.2 Å². The Hall–Kier alpha value is -2.16. The molecule has 0 bridgehead atoms. The number of benzene rings is 3. The van der Waals surface area contributed by atoms with E-state index in [1.54, 1.807) is 0 Å². The molecule has 0 spiro atoms. The first-order valence-electron chi connectivity index (χ1n) is 8.88. The summed E-state index contributed by atoms with van der Waals surface area (Å²) < 4.78 is 0. The van der Waals surface area contributed by atoms with Crippen LogP contribution in [0, 0.1) is 0 Å². The van der Waals surface area contributed by atoms with E-state index in [1.807, 2.05) is 0 Å².